The fourth-order valence-electron chi connectivity index (χ4n) is 4.01. The average Bonchev–Trinajstić information content (AvgIpc) is 2.83. The van der Waals surface area contributed by atoms with Crippen LogP contribution in [0.25, 0.3) is 0 Å². The summed E-state index contributed by atoms with van der Waals surface area (Å²) in [6, 6.07) is 9.55. The van der Waals surface area contributed by atoms with E-state index < -0.39 is 38.6 Å². The third-order valence-electron chi connectivity index (χ3n) is 5.87. The first-order valence-electron chi connectivity index (χ1n) is 11.3. The topological polar surface area (TPSA) is 105 Å². The highest BCUT2D eigenvalue weighted by molar-refractivity contribution is 7.89. The molecule has 3 rings (SSSR count). The van der Waals surface area contributed by atoms with Gasteiger partial charge in [0, 0.05) is 32.5 Å². The largest absolute Gasteiger partial charge is 0.497 e. The van der Waals surface area contributed by atoms with Gasteiger partial charge in [-0.15, -0.1) is 0 Å². The molecule has 0 spiro atoms. The number of sulfonamides is 1. The van der Waals surface area contributed by atoms with Crippen molar-refractivity contribution >= 4 is 21.8 Å². The van der Waals surface area contributed by atoms with E-state index in [0.29, 0.717) is 11.8 Å². The Morgan fingerprint density at radius 2 is 1.78 bits per heavy atom. The molecule has 1 aliphatic heterocycles. The van der Waals surface area contributed by atoms with Crippen LogP contribution in [0.3, 0.4) is 0 Å². The van der Waals surface area contributed by atoms with E-state index in [4.69, 9.17) is 4.74 Å². The van der Waals surface area contributed by atoms with E-state index in [1.807, 2.05) is 6.07 Å². The lowest BCUT2D eigenvalue weighted by Gasteiger charge is -2.32. The minimum atomic E-state index is -4.65. The standard InChI is InChI=1S/C24H28F3N3O5S/c1-16(31)28-22(14-17-5-3-7-20(13-17)35-2)23(32)29-19-9-11-30(12-10-19)36(33,34)21-8-4-6-18(15-21)24(25,26)27/h3-8,13,15,19,22H,9-12,14H2,1-2H3,(H,28,31)(H,29,32)/t22-/m0/s1. The number of nitrogens with one attached hydrogen (secondary N) is 2. The molecule has 0 aliphatic carbocycles. The number of piperidine rings is 1. The van der Waals surface area contributed by atoms with Crippen LogP contribution in [-0.4, -0.2) is 56.8 Å². The van der Waals surface area contributed by atoms with E-state index in [1.165, 1.54) is 14.0 Å². The molecular weight excluding hydrogens is 499 g/mol. The maximum atomic E-state index is 13.0. The second-order valence-electron chi connectivity index (χ2n) is 8.52. The van der Waals surface area contributed by atoms with Gasteiger partial charge in [0.15, 0.2) is 0 Å². The van der Waals surface area contributed by atoms with Gasteiger partial charge in [-0.25, -0.2) is 8.42 Å². The third-order valence-corrected chi connectivity index (χ3v) is 7.76. The molecule has 2 aromatic rings. The molecule has 2 aromatic carbocycles. The molecular formula is C24H28F3N3O5S. The van der Waals surface area contributed by atoms with Crippen molar-refractivity contribution in [1.29, 1.82) is 0 Å². The molecule has 1 aliphatic rings. The number of methoxy groups -OCH3 is 1. The van der Waals surface area contributed by atoms with Gasteiger partial charge < -0.3 is 15.4 Å². The van der Waals surface area contributed by atoms with Gasteiger partial charge in [-0.2, -0.15) is 17.5 Å². The number of ether oxygens (including phenoxy) is 1. The zero-order valence-electron chi connectivity index (χ0n) is 19.8. The lowest BCUT2D eigenvalue weighted by Crippen LogP contribution is -2.53. The van der Waals surface area contributed by atoms with E-state index in [-0.39, 0.29) is 44.3 Å². The first-order valence-corrected chi connectivity index (χ1v) is 12.7. The van der Waals surface area contributed by atoms with Gasteiger partial charge in [-0.1, -0.05) is 18.2 Å². The number of carbonyl (C=O) groups is 2. The lowest BCUT2D eigenvalue weighted by molar-refractivity contribution is -0.137. The fourth-order valence-corrected chi connectivity index (χ4v) is 5.53. The van der Waals surface area contributed by atoms with E-state index in [9.17, 15) is 31.2 Å². The molecule has 8 nitrogen and oxygen atoms in total. The van der Waals surface area contributed by atoms with Crippen molar-refractivity contribution in [2.24, 2.45) is 0 Å². The van der Waals surface area contributed by atoms with Crippen LogP contribution in [0.4, 0.5) is 13.2 Å². The highest BCUT2D eigenvalue weighted by Gasteiger charge is 2.35. The summed E-state index contributed by atoms with van der Waals surface area (Å²) in [6.07, 6.45) is -3.88. The van der Waals surface area contributed by atoms with Gasteiger partial charge in [0.25, 0.3) is 0 Å². The average molecular weight is 528 g/mol. The number of amides is 2. The maximum absolute atomic E-state index is 13.0. The number of benzene rings is 2. The van der Waals surface area contributed by atoms with Gasteiger partial charge in [-0.05, 0) is 48.7 Å². The van der Waals surface area contributed by atoms with E-state index >= 15 is 0 Å². The quantitative estimate of drug-likeness (QED) is 0.550. The van der Waals surface area contributed by atoms with Crippen molar-refractivity contribution in [2.75, 3.05) is 20.2 Å². The van der Waals surface area contributed by atoms with Gasteiger partial charge in [-0.3, -0.25) is 9.59 Å². The number of halogens is 3. The number of hydrogen-bond acceptors (Lipinski definition) is 5. The molecule has 0 unspecified atom stereocenters. The minimum absolute atomic E-state index is 0.0320. The molecule has 196 valence electrons. The third kappa shape index (κ3) is 6.97. The zero-order chi connectivity index (χ0) is 26.5. The molecule has 2 N–H and O–H groups in total. The maximum Gasteiger partial charge on any atom is 0.416 e. The number of nitrogens with zero attached hydrogens (tertiary/aromatic N) is 1. The van der Waals surface area contributed by atoms with E-state index in [2.05, 4.69) is 10.6 Å². The van der Waals surface area contributed by atoms with Crippen LogP contribution in [0.15, 0.2) is 53.4 Å². The molecule has 12 heteroatoms. The Labute approximate surface area is 207 Å². The van der Waals surface area contributed by atoms with Crippen LogP contribution in [-0.2, 0) is 32.2 Å². The first kappa shape index (κ1) is 27.5. The summed E-state index contributed by atoms with van der Waals surface area (Å²) in [5, 5.41) is 5.50. The summed E-state index contributed by atoms with van der Waals surface area (Å²) in [4.78, 5) is 24.2. The summed E-state index contributed by atoms with van der Waals surface area (Å²) in [7, 11) is -2.60. The van der Waals surface area contributed by atoms with Crippen LogP contribution in [0.5, 0.6) is 5.75 Å². The Morgan fingerprint density at radius 1 is 1.11 bits per heavy atom. The fraction of sp³-hybridized carbons (Fsp3) is 0.417. The van der Waals surface area contributed by atoms with E-state index in [0.717, 1.165) is 28.1 Å². The molecule has 0 saturated carbocycles. The molecule has 1 atom stereocenters. The van der Waals surface area contributed by atoms with Crippen molar-refractivity contribution in [3.05, 3.63) is 59.7 Å². The normalized spacial score (nSPS) is 16.2. The van der Waals surface area contributed by atoms with Crippen LogP contribution in [0.2, 0.25) is 0 Å². The molecule has 0 bridgehead atoms. The molecule has 0 aromatic heterocycles. The van der Waals surface area contributed by atoms with Crippen LogP contribution < -0.4 is 15.4 Å². The second kappa shape index (κ2) is 11.3. The van der Waals surface area contributed by atoms with Crippen LogP contribution >= 0.6 is 0 Å². The summed E-state index contributed by atoms with van der Waals surface area (Å²) in [5.41, 5.74) is -0.254. The summed E-state index contributed by atoms with van der Waals surface area (Å²) in [6.45, 7) is 1.37. The minimum Gasteiger partial charge on any atom is -0.497 e. The lowest BCUT2D eigenvalue weighted by atomic mass is 10.0. The Hall–Kier alpha value is -3.12. The molecule has 1 heterocycles. The Balaban J connectivity index is 1.63. The molecule has 36 heavy (non-hydrogen) atoms. The molecule has 2 amide bonds. The SMILES string of the molecule is COc1cccc(C[C@H](NC(C)=O)C(=O)NC2CCN(S(=O)(=O)c3cccc(C(F)(F)F)c3)CC2)c1. The number of alkyl halides is 3. The van der Waals surface area contributed by atoms with Crippen LogP contribution in [0.1, 0.15) is 30.9 Å². The van der Waals surface area contributed by atoms with Crippen molar-refractivity contribution in [2.45, 2.75) is 49.3 Å². The van der Waals surface area contributed by atoms with Crippen LogP contribution in [0, 0.1) is 0 Å². The van der Waals surface area contributed by atoms with Gasteiger partial charge in [0.1, 0.15) is 11.8 Å². The molecule has 1 saturated heterocycles. The highest BCUT2D eigenvalue weighted by Crippen LogP contribution is 2.31. The summed E-state index contributed by atoms with van der Waals surface area (Å²) < 4.78 is 71.1. The Bertz CT molecular complexity index is 1200. The summed E-state index contributed by atoms with van der Waals surface area (Å²) >= 11 is 0. The smallest absolute Gasteiger partial charge is 0.416 e. The zero-order valence-corrected chi connectivity index (χ0v) is 20.7. The van der Waals surface area contributed by atoms with Crippen molar-refractivity contribution < 1.29 is 35.9 Å². The van der Waals surface area contributed by atoms with E-state index in [1.54, 1.807) is 18.2 Å². The van der Waals surface area contributed by atoms with Crippen molar-refractivity contribution in [1.82, 2.24) is 14.9 Å². The van der Waals surface area contributed by atoms with Gasteiger partial charge in [0.2, 0.25) is 21.8 Å². The molecule has 0 radical (unpaired) electrons. The number of hydrogen-bond donors (Lipinski definition) is 2. The highest BCUT2D eigenvalue weighted by atomic mass is 32.2. The van der Waals surface area contributed by atoms with Gasteiger partial charge in [0.05, 0.1) is 17.6 Å². The van der Waals surface area contributed by atoms with Crippen molar-refractivity contribution in [3.63, 3.8) is 0 Å². The number of rotatable bonds is 8. The second-order valence-corrected chi connectivity index (χ2v) is 10.5. The Morgan fingerprint density at radius 3 is 2.39 bits per heavy atom. The number of carbonyl (C=O) groups excluding carboxylic acids is 2. The predicted octanol–water partition coefficient (Wildman–Crippen LogP) is 2.73. The summed E-state index contributed by atoms with van der Waals surface area (Å²) in [5.74, 6) is -0.170. The molecule has 1 fully saturated rings. The first-order chi connectivity index (χ1) is 16.9. The Kier molecular flexibility index (Phi) is 8.62. The van der Waals surface area contributed by atoms with Crippen molar-refractivity contribution in [3.8, 4) is 5.75 Å². The predicted molar refractivity (Wildman–Crippen MR) is 126 cm³/mol. The van der Waals surface area contributed by atoms with Gasteiger partial charge >= 0.3 is 6.18 Å². The monoisotopic (exact) mass is 527 g/mol.